The number of thiophene rings is 1. The molecule has 0 unspecified atom stereocenters. The highest BCUT2D eigenvalue weighted by atomic mass is 35.5. The molecular weight excluding hydrogens is 387 g/mol. The summed E-state index contributed by atoms with van der Waals surface area (Å²) in [7, 11) is 0. The number of nitrogens with one attached hydrogen (secondary N) is 1. The van der Waals surface area contributed by atoms with E-state index in [1.165, 1.54) is 12.1 Å². The number of fused-ring (bicyclic) bond motifs is 1. The Hall–Kier alpha value is -2.41. The van der Waals surface area contributed by atoms with E-state index in [4.69, 9.17) is 9.26 Å². The van der Waals surface area contributed by atoms with Crippen LogP contribution in [0.4, 0.5) is 4.39 Å². The quantitative estimate of drug-likeness (QED) is 0.425. The van der Waals surface area contributed by atoms with Gasteiger partial charge in [0, 0.05) is 18.7 Å². The van der Waals surface area contributed by atoms with E-state index < -0.39 is 0 Å². The van der Waals surface area contributed by atoms with Gasteiger partial charge in [0.25, 0.3) is 0 Å². The SMILES string of the molecule is Cl.Fc1cccc(CNCCOc2cccc(-c3noc4ccsc34)c2)c1. The minimum atomic E-state index is -0.218. The number of benzene rings is 2. The lowest BCUT2D eigenvalue weighted by Crippen LogP contribution is -2.20. The molecule has 2 aromatic carbocycles. The molecule has 4 aromatic rings. The van der Waals surface area contributed by atoms with Crippen molar-refractivity contribution in [2.45, 2.75) is 6.54 Å². The van der Waals surface area contributed by atoms with Gasteiger partial charge in [-0.3, -0.25) is 0 Å². The van der Waals surface area contributed by atoms with Crippen LogP contribution in [0, 0.1) is 5.82 Å². The molecule has 0 spiro atoms. The Morgan fingerprint density at radius 1 is 1.11 bits per heavy atom. The standard InChI is InChI=1S/C20H17FN2O2S.ClH/c21-16-5-1-3-14(11-16)13-22-8-9-24-17-6-2-4-15(12-17)19-20-18(25-23-19)7-10-26-20;/h1-7,10-12,22H,8-9,13H2;1H. The number of ether oxygens (including phenoxy) is 1. The van der Waals surface area contributed by atoms with Gasteiger partial charge >= 0.3 is 0 Å². The van der Waals surface area contributed by atoms with Crippen molar-refractivity contribution in [3.8, 4) is 17.0 Å². The van der Waals surface area contributed by atoms with Crippen LogP contribution in [0.2, 0.25) is 0 Å². The third-order valence-electron chi connectivity index (χ3n) is 3.95. The fourth-order valence-corrected chi connectivity index (χ4v) is 3.53. The normalized spacial score (nSPS) is 10.7. The van der Waals surface area contributed by atoms with Crippen molar-refractivity contribution in [1.29, 1.82) is 0 Å². The number of halogens is 2. The second-order valence-electron chi connectivity index (χ2n) is 5.83. The van der Waals surface area contributed by atoms with Crippen LogP contribution in [-0.2, 0) is 6.54 Å². The van der Waals surface area contributed by atoms with E-state index in [0.717, 1.165) is 32.9 Å². The van der Waals surface area contributed by atoms with Crippen LogP contribution in [-0.4, -0.2) is 18.3 Å². The molecule has 0 aliphatic carbocycles. The number of hydrogen-bond donors (Lipinski definition) is 1. The largest absolute Gasteiger partial charge is 0.492 e. The number of rotatable bonds is 7. The maximum absolute atomic E-state index is 13.1. The summed E-state index contributed by atoms with van der Waals surface area (Å²) in [5.41, 5.74) is 3.52. The van der Waals surface area contributed by atoms with Crippen molar-refractivity contribution in [2.75, 3.05) is 13.2 Å². The summed E-state index contributed by atoms with van der Waals surface area (Å²) in [6.07, 6.45) is 0. The van der Waals surface area contributed by atoms with Crippen molar-refractivity contribution >= 4 is 34.0 Å². The lowest BCUT2D eigenvalue weighted by molar-refractivity contribution is 0.313. The van der Waals surface area contributed by atoms with Crippen LogP contribution < -0.4 is 10.1 Å². The van der Waals surface area contributed by atoms with Gasteiger partial charge in [-0.15, -0.1) is 23.7 Å². The molecule has 7 heteroatoms. The Morgan fingerprint density at radius 3 is 2.89 bits per heavy atom. The first-order valence-corrected chi connectivity index (χ1v) is 9.19. The Morgan fingerprint density at radius 2 is 2.00 bits per heavy atom. The fourth-order valence-electron chi connectivity index (χ4n) is 2.72. The molecule has 4 nitrogen and oxygen atoms in total. The molecule has 2 heterocycles. The maximum atomic E-state index is 13.1. The average Bonchev–Trinajstić information content (AvgIpc) is 3.25. The summed E-state index contributed by atoms with van der Waals surface area (Å²) in [4.78, 5) is 0. The first kappa shape index (κ1) is 19.4. The minimum absolute atomic E-state index is 0. The van der Waals surface area contributed by atoms with Gasteiger partial charge in [0.1, 0.15) is 28.6 Å². The van der Waals surface area contributed by atoms with Crippen LogP contribution >= 0.6 is 23.7 Å². The first-order valence-electron chi connectivity index (χ1n) is 8.31. The van der Waals surface area contributed by atoms with E-state index in [1.54, 1.807) is 17.4 Å². The van der Waals surface area contributed by atoms with Gasteiger partial charge in [-0.2, -0.15) is 0 Å². The number of nitrogens with zero attached hydrogens (tertiary/aromatic N) is 1. The topological polar surface area (TPSA) is 47.3 Å². The second kappa shape index (κ2) is 8.99. The van der Waals surface area contributed by atoms with E-state index in [-0.39, 0.29) is 18.2 Å². The summed E-state index contributed by atoms with van der Waals surface area (Å²) < 4.78 is 25.3. The molecule has 4 rings (SSSR count). The second-order valence-corrected chi connectivity index (χ2v) is 6.74. The summed E-state index contributed by atoms with van der Waals surface area (Å²) in [6, 6.07) is 16.3. The van der Waals surface area contributed by atoms with Gasteiger partial charge in [-0.1, -0.05) is 29.4 Å². The summed E-state index contributed by atoms with van der Waals surface area (Å²) in [5, 5.41) is 9.39. The minimum Gasteiger partial charge on any atom is -0.492 e. The predicted molar refractivity (Wildman–Crippen MR) is 108 cm³/mol. The van der Waals surface area contributed by atoms with E-state index >= 15 is 0 Å². The number of aromatic nitrogens is 1. The van der Waals surface area contributed by atoms with Gasteiger partial charge < -0.3 is 14.6 Å². The van der Waals surface area contributed by atoms with Crippen LogP contribution in [0.15, 0.2) is 64.5 Å². The van der Waals surface area contributed by atoms with E-state index in [9.17, 15) is 4.39 Å². The van der Waals surface area contributed by atoms with E-state index in [2.05, 4.69) is 10.5 Å². The van der Waals surface area contributed by atoms with Gasteiger partial charge in [0.2, 0.25) is 0 Å². The molecule has 140 valence electrons. The summed E-state index contributed by atoms with van der Waals surface area (Å²) in [6.45, 7) is 1.79. The van der Waals surface area contributed by atoms with Crippen LogP contribution in [0.1, 0.15) is 5.56 Å². The van der Waals surface area contributed by atoms with E-state index in [0.29, 0.717) is 19.7 Å². The molecule has 0 saturated carbocycles. The average molecular weight is 405 g/mol. The molecule has 0 fully saturated rings. The highest BCUT2D eigenvalue weighted by Gasteiger charge is 2.12. The molecule has 0 atom stereocenters. The lowest BCUT2D eigenvalue weighted by atomic mass is 10.1. The smallest absolute Gasteiger partial charge is 0.178 e. The van der Waals surface area contributed by atoms with Crippen molar-refractivity contribution in [1.82, 2.24) is 10.5 Å². The fraction of sp³-hybridized carbons (Fsp3) is 0.150. The molecule has 0 amide bonds. The van der Waals surface area contributed by atoms with Crippen LogP contribution in [0.25, 0.3) is 21.5 Å². The predicted octanol–water partition coefficient (Wildman–Crippen LogP) is 5.29. The zero-order valence-corrected chi connectivity index (χ0v) is 16.0. The molecule has 27 heavy (non-hydrogen) atoms. The first-order chi connectivity index (χ1) is 12.8. The van der Waals surface area contributed by atoms with Crippen LogP contribution in [0.3, 0.4) is 0 Å². The van der Waals surface area contributed by atoms with Gasteiger partial charge in [-0.25, -0.2) is 4.39 Å². The van der Waals surface area contributed by atoms with Crippen LogP contribution in [0.5, 0.6) is 5.75 Å². The Kier molecular flexibility index (Phi) is 6.45. The zero-order chi connectivity index (χ0) is 17.8. The molecule has 0 radical (unpaired) electrons. The summed E-state index contributed by atoms with van der Waals surface area (Å²) in [5.74, 6) is 0.563. The molecule has 0 bridgehead atoms. The van der Waals surface area contributed by atoms with Crippen molar-refractivity contribution in [3.63, 3.8) is 0 Å². The third kappa shape index (κ3) is 4.66. The highest BCUT2D eigenvalue weighted by Crippen LogP contribution is 2.33. The van der Waals surface area contributed by atoms with Gasteiger partial charge in [0.15, 0.2) is 5.58 Å². The monoisotopic (exact) mass is 404 g/mol. The molecule has 0 aliphatic heterocycles. The molecule has 1 N–H and O–H groups in total. The molecular formula is C20H18ClFN2O2S. The Balaban J connectivity index is 0.00000210. The molecule has 0 aliphatic rings. The van der Waals surface area contributed by atoms with Crippen molar-refractivity contribution in [3.05, 3.63) is 71.4 Å². The maximum Gasteiger partial charge on any atom is 0.178 e. The van der Waals surface area contributed by atoms with Crippen molar-refractivity contribution in [2.24, 2.45) is 0 Å². The zero-order valence-electron chi connectivity index (χ0n) is 14.4. The molecule has 0 saturated heterocycles. The van der Waals surface area contributed by atoms with Crippen molar-refractivity contribution < 1.29 is 13.7 Å². The summed E-state index contributed by atoms with van der Waals surface area (Å²) >= 11 is 1.61. The van der Waals surface area contributed by atoms with Gasteiger partial charge in [-0.05, 0) is 41.3 Å². The molecule has 2 aromatic heterocycles. The third-order valence-corrected chi connectivity index (χ3v) is 4.86. The van der Waals surface area contributed by atoms with E-state index in [1.807, 2.05) is 41.8 Å². The Labute approximate surface area is 166 Å². The Bertz CT molecular complexity index is 1020. The highest BCUT2D eigenvalue weighted by molar-refractivity contribution is 7.17. The van der Waals surface area contributed by atoms with Gasteiger partial charge in [0.05, 0.1) is 0 Å². The number of hydrogen-bond acceptors (Lipinski definition) is 5. The lowest BCUT2D eigenvalue weighted by Gasteiger charge is -2.08.